The van der Waals surface area contributed by atoms with Crippen LogP contribution in [0.1, 0.15) is 0 Å². The third kappa shape index (κ3) is 2.22. The van der Waals surface area contributed by atoms with E-state index in [4.69, 9.17) is 17.3 Å². The Morgan fingerprint density at radius 1 is 1.00 bits per heavy atom. The normalized spacial score (nSPS) is 10.8. The fraction of sp³-hybridized carbons (Fsp3) is 0. The van der Waals surface area contributed by atoms with Crippen LogP contribution in [-0.2, 0) is 0 Å². The highest BCUT2D eigenvalue weighted by Gasteiger charge is 2.08. The lowest BCUT2D eigenvalue weighted by Gasteiger charge is -2.05. The van der Waals surface area contributed by atoms with E-state index in [0.717, 1.165) is 5.56 Å². The minimum atomic E-state index is -0.359. The molecule has 0 aliphatic heterocycles. The predicted octanol–water partition coefficient (Wildman–Crippen LogP) is 3.67. The maximum Gasteiger partial charge on any atom is 0.162 e. The lowest BCUT2D eigenvalue weighted by molar-refractivity contribution is 0.629. The first kappa shape index (κ1) is 11.9. The van der Waals surface area contributed by atoms with Gasteiger partial charge in [-0.05, 0) is 42.5 Å². The molecule has 0 amide bonds. The third-order valence-electron chi connectivity index (χ3n) is 2.79. The first-order valence-corrected chi connectivity index (χ1v) is 6.00. The summed E-state index contributed by atoms with van der Waals surface area (Å²) in [7, 11) is 0. The molecule has 0 aliphatic carbocycles. The molecule has 2 aromatic carbocycles. The van der Waals surface area contributed by atoms with Crippen LogP contribution in [0.3, 0.4) is 0 Å². The van der Waals surface area contributed by atoms with Gasteiger partial charge in [-0.25, -0.2) is 14.4 Å². The molecule has 0 atom stereocenters. The molecule has 94 valence electrons. The van der Waals surface area contributed by atoms with Crippen molar-refractivity contribution in [2.75, 3.05) is 5.73 Å². The smallest absolute Gasteiger partial charge is 0.162 e. The Morgan fingerprint density at radius 2 is 1.74 bits per heavy atom. The lowest BCUT2D eigenvalue weighted by Crippen LogP contribution is -1.98. The lowest BCUT2D eigenvalue weighted by atomic mass is 10.2. The molecule has 0 fully saturated rings. The summed E-state index contributed by atoms with van der Waals surface area (Å²) in [6.07, 6.45) is 0. The van der Waals surface area contributed by atoms with Gasteiger partial charge in [0.05, 0.1) is 5.52 Å². The standard InChI is InChI=1S/C14H9ClFN3/c15-9-3-1-8(2-4-9)14-18-12-6-5-10(16)7-11(12)13(17)19-14/h1-7H,(H2,17,18,19). The molecule has 0 saturated heterocycles. The number of benzene rings is 2. The number of hydrogen-bond acceptors (Lipinski definition) is 3. The van der Waals surface area contributed by atoms with Crippen LogP contribution in [0.15, 0.2) is 42.5 Å². The van der Waals surface area contributed by atoms with Gasteiger partial charge < -0.3 is 5.73 Å². The number of nitrogen functional groups attached to an aromatic ring is 1. The average molecular weight is 274 g/mol. The Kier molecular flexibility index (Phi) is 2.80. The summed E-state index contributed by atoms with van der Waals surface area (Å²) in [6, 6.07) is 11.4. The summed E-state index contributed by atoms with van der Waals surface area (Å²) in [5.74, 6) is 0.393. The van der Waals surface area contributed by atoms with E-state index < -0.39 is 0 Å². The average Bonchev–Trinajstić information content (AvgIpc) is 2.40. The van der Waals surface area contributed by atoms with Gasteiger partial charge in [0, 0.05) is 16.0 Å². The number of aromatic nitrogens is 2. The van der Waals surface area contributed by atoms with Crippen LogP contribution in [0.25, 0.3) is 22.3 Å². The fourth-order valence-corrected chi connectivity index (χ4v) is 1.98. The van der Waals surface area contributed by atoms with Crippen molar-refractivity contribution >= 4 is 28.3 Å². The van der Waals surface area contributed by atoms with Crippen molar-refractivity contribution in [2.24, 2.45) is 0 Å². The summed E-state index contributed by atoms with van der Waals surface area (Å²) >= 11 is 5.84. The van der Waals surface area contributed by atoms with E-state index in [-0.39, 0.29) is 11.6 Å². The molecular weight excluding hydrogens is 265 g/mol. The highest BCUT2D eigenvalue weighted by molar-refractivity contribution is 6.30. The van der Waals surface area contributed by atoms with Gasteiger partial charge in [-0.3, -0.25) is 0 Å². The van der Waals surface area contributed by atoms with Crippen LogP contribution in [0, 0.1) is 5.82 Å². The second kappa shape index (κ2) is 4.48. The third-order valence-corrected chi connectivity index (χ3v) is 3.04. The van der Waals surface area contributed by atoms with Crippen molar-refractivity contribution in [1.29, 1.82) is 0 Å². The molecule has 1 aromatic heterocycles. The predicted molar refractivity (Wildman–Crippen MR) is 74.4 cm³/mol. The van der Waals surface area contributed by atoms with E-state index >= 15 is 0 Å². The van der Waals surface area contributed by atoms with Crippen molar-refractivity contribution in [3.63, 3.8) is 0 Å². The van der Waals surface area contributed by atoms with Crippen molar-refractivity contribution in [3.8, 4) is 11.4 Å². The number of anilines is 1. The molecule has 3 nitrogen and oxygen atoms in total. The number of nitrogens with zero attached hydrogens (tertiary/aromatic N) is 2. The molecule has 19 heavy (non-hydrogen) atoms. The second-order valence-electron chi connectivity index (χ2n) is 4.10. The largest absolute Gasteiger partial charge is 0.383 e. The van der Waals surface area contributed by atoms with Crippen LogP contribution in [0.5, 0.6) is 0 Å². The van der Waals surface area contributed by atoms with Gasteiger partial charge in [0.25, 0.3) is 0 Å². The zero-order chi connectivity index (χ0) is 13.4. The van der Waals surface area contributed by atoms with Crippen molar-refractivity contribution in [3.05, 3.63) is 53.3 Å². The SMILES string of the molecule is Nc1nc(-c2ccc(Cl)cc2)nc2ccc(F)cc12. The van der Waals surface area contributed by atoms with Gasteiger partial charge in [-0.2, -0.15) is 0 Å². The summed E-state index contributed by atoms with van der Waals surface area (Å²) in [6.45, 7) is 0. The molecule has 3 aromatic rings. The first-order valence-electron chi connectivity index (χ1n) is 5.62. The molecule has 5 heteroatoms. The Labute approximate surface area is 113 Å². The highest BCUT2D eigenvalue weighted by Crippen LogP contribution is 2.24. The number of hydrogen-bond donors (Lipinski definition) is 1. The van der Waals surface area contributed by atoms with Crippen LogP contribution >= 0.6 is 11.6 Å². The molecule has 0 bridgehead atoms. The van der Waals surface area contributed by atoms with Gasteiger partial charge in [-0.1, -0.05) is 11.6 Å². The molecule has 0 spiro atoms. The van der Waals surface area contributed by atoms with E-state index in [1.165, 1.54) is 12.1 Å². The number of nitrogens with two attached hydrogens (primary N) is 1. The van der Waals surface area contributed by atoms with E-state index in [0.29, 0.717) is 21.7 Å². The van der Waals surface area contributed by atoms with Gasteiger partial charge in [-0.15, -0.1) is 0 Å². The molecule has 1 heterocycles. The molecule has 0 saturated carbocycles. The topological polar surface area (TPSA) is 51.8 Å². The zero-order valence-corrected chi connectivity index (χ0v) is 10.5. The number of fused-ring (bicyclic) bond motifs is 1. The van der Waals surface area contributed by atoms with E-state index in [2.05, 4.69) is 9.97 Å². The van der Waals surface area contributed by atoms with E-state index in [9.17, 15) is 4.39 Å². The molecular formula is C14H9ClFN3. The molecule has 0 radical (unpaired) electrons. The van der Waals surface area contributed by atoms with E-state index in [1.54, 1.807) is 18.2 Å². The Hall–Kier alpha value is -2.20. The van der Waals surface area contributed by atoms with Crippen LogP contribution in [0.4, 0.5) is 10.2 Å². The van der Waals surface area contributed by atoms with Crippen LogP contribution in [0.2, 0.25) is 5.02 Å². The molecule has 2 N–H and O–H groups in total. The Morgan fingerprint density at radius 3 is 2.47 bits per heavy atom. The number of rotatable bonds is 1. The fourth-order valence-electron chi connectivity index (χ4n) is 1.85. The second-order valence-corrected chi connectivity index (χ2v) is 4.54. The quantitative estimate of drug-likeness (QED) is 0.736. The summed E-state index contributed by atoms with van der Waals surface area (Å²) in [4.78, 5) is 8.58. The van der Waals surface area contributed by atoms with Gasteiger partial charge in [0.2, 0.25) is 0 Å². The van der Waals surface area contributed by atoms with Gasteiger partial charge in [0.1, 0.15) is 11.6 Å². The minimum Gasteiger partial charge on any atom is -0.383 e. The first-order chi connectivity index (χ1) is 9.13. The maximum absolute atomic E-state index is 13.2. The monoisotopic (exact) mass is 273 g/mol. The maximum atomic E-state index is 13.2. The van der Waals surface area contributed by atoms with Crippen LogP contribution in [-0.4, -0.2) is 9.97 Å². The number of halogens is 2. The Bertz CT molecular complexity index is 756. The molecule has 0 unspecified atom stereocenters. The summed E-state index contributed by atoms with van der Waals surface area (Å²) in [5, 5.41) is 1.15. The van der Waals surface area contributed by atoms with Gasteiger partial charge >= 0.3 is 0 Å². The van der Waals surface area contributed by atoms with Crippen molar-refractivity contribution < 1.29 is 4.39 Å². The highest BCUT2D eigenvalue weighted by atomic mass is 35.5. The molecule has 0 aliphatic rings. The summed E-state index contributed by atoms with van der Waals surface area (Å²) < 4.78 is 13.2. The zero-order valence-electron chi connectivity index (χ0n) is 9.77. The van der Waals surface area contributed by atoms with Crippen LogP contribution < -0.4 is 5.73 Å². The Balaban J connectivity index is 2.20. The minimum absolute atomic E-state index is 0.259. The summed E-state index contributed by atoms with van der Waals surface area (Å²) in [5.41, 5.74) is 7.27. The van der Waals surface area contributed by atoms with E-state index in [1.807, 2.05) is 12.1 Å². The van der Waals surface area contributed by atoms with Gasteiger partial charge in [0.15, 0.2) is 5.82 Å². The van der Waals surface area contributed by atoms with Crippen molar-refractivity contribution in [2.45, 2.75) is 0 Å². The molecule has 3 rings (SSSR count). The van der Waals surface area contributed by atoms with Crippen molar-refractivity contribution in [1.82, 2.24) is 9.97 Å².